The molecule has 2 unspecified atom stereocenters. The van der Waals surface area contributed by atoms with Gasteiger partial charge in [-0.25, -0.2) is 0 Å². The van der Waals surface area contributed by atoms with Crippen LogP contribution in [-0.4, -0.2) is 46.7 Å². The van der Waals surface area contributed by atoms with E-state index >= 15 is 0 Å². The predicted octanol–water partition coefficient (Wildman–Crippen LogP) is 11.2. The van der Waals surface area contributed by atoms with Crippen LogP contribution >= 0.6 is 7.60 Å². The molecule has 0 aliphatic rings. The molecule has 0 aromatic carbocycles. The zero-order chi connectivity index (χ0) is 31.0. The molecule has 2 atom stereocenters. The zero-order valence-electron chi connectivity index (χ0n) is 29.5. The van der Waals surface area contributed by atoms with Gasteiger partial charge >= 0.3 is 7.60 Å². The highest BCUT2D eigenvalue weighted by molar-refractivity contribution is 7.52. The Morgan fingerprint density at radius 3 is 0.955 bits per heavy atom. The Morgan fingerprint density at radius 2 is 0.705 bits per heavy atom. The molecule has 0 aliphatic carbocycles. The van der Waals surface area contributed by atoms with E-state index in [1.807, 2.05) is 0 Å². The summed E-state index contributed by atoms with van der Waals surface area (Å²) in [6.07, 6.45) is 34.4. The molecule has 270 valence electrons. The summed E-state index contributed by atoms with van der Waals surface area (Å²) >= 11 is 0. The van der Waals surface area contributed by atoms with Crippen molar-refractivity contribution in [2.45, 2.75) is 206 Å². The highest BCUT2D eigenvalue weighted by Crippen LogP contribution is 2.44. The first-order valence-corrected chi connectivity index (χ1v) is 20.0. The van der Waals surface area contributed by atoms with Gasteiger partial charge in [-0.1, -0.05) is 181 Å². The first-order chi connectivity index (χ1) is 20.5. The third kappa shape index (κ3) is 33.3. The molecule has 0 aliphatic heterocycles. The zero-order valence-corrected chi connectivity index (χ0v) is 30.4. The summed E-state index contributed by atoms with van der Waals surface area (Å²) < 4.78 is 23.3. The van der Waals surface area contributed by atoms with Crippen molar-refractivity contribution in [1.29, 1.82) is 0 Å². The fourth-order valence-electron chi connectivity index (χ4n) is 5.68. The van der Waals surface area contributed by atoms with Crippen molar-refractivity contribution >= 4 is 7.60 Å². The van der Waals surface area contributed by atoms with Crippen molar-refractivity contribution in [1.82, 2.24) is 12.3 Å². The number of aliphatic hydroxyl groups is 1. The minimum Gasteiger partial charge on any atom is -0.394 e. The van der Waals surface area contributed by atoms with Gasteiger partial charge < -0.3 is 36.7 Å². The molecule has 0 spiro atoms. The molecule has 0 saturated heterocycles. The Morgan fingerprint density at radius 1 is 0.455 bits per heavy atom. The topological polar surface area (TPSA) is 166 Å². The monoisotopic (exact) mass is 655 g/mol. The van der Waals surface area contributed by atoms with Crippen molar-refractivity contribution in [3.8, 4) is 0 Å². The average molecular weight is 655 g/mol. The summed E-state index contributed by atoms with van der Waals surface area (Å²) in [5.41, 5.74) is 0. The molecule has 0 aromatic heterocycles. The maximum absolute atomic E-state index is 12.0. The SMILES string of the molecule is CCCCCCCCCCCCCCCCOC(CO)C(OCCCCCCCCCCCCCCCC)P(=O)(O)O.N.N. The molecule has 9 N–H and O–H groups in total. The number of hydrogen-bond donors (Lipinski definition) is 5. The molecule has 44 heavy (non-hydrogen) atoms. The van der Waals surface area contributed by atoms with Gasteiger partial charge in [-0.3, -0.25) is 4.57 Å². The Kier molecular flexibility index (Phi) is 41.1. The summed E-state index contributed by atoms with van der Waals surface area (Å²) in [4.78, 5) is 19.6. The van der Waals surface area contributed by atoms with Gasteiger partial charge in [-0.15, -0.1) is 0 Å². The number of rotatable bonds is 35. The van der Waals surface area contributed by atoms with Gasteiger partial charge in [0.15, 0.2) is 5.85 Å². The van der Waals surface area contributed by atoms with Crippen LogP contribution in [-0.2, 0) is 14.0 Å². The minimum atomic E-state index is -4.53. The molecular weight excluding hydrogens is 575 g/mol. The molecule has 0 radical (unpaired) electrons. The molecule has 0 amide bonds. The predicted molar refractivity (Wildman–Crippen MR) is 189 cm³/mol. The second-order valence-electron chi connectivity index (χ2n) is 12.6. The van der Waals surface area contributed by atoms with Crippen LogP contribution in [0.5, 0.6) is 0 Å². The molecule has 0 aromatic rings. The van der Waals surface area contributed by atoms with Crippen molar-refractivity contribution in [3.63, 3.8) is 0 Å². The summed E-state index contributed by atoms with van der Waals surface area (Å²) in [6, 6.07) is 0. The van der Waals surface area contributed by atoms with Crippen molar-refractivity contribution in [2.24, 2.45) is 0 Å². The van der Waals surface area contributed by atoms with Gasteiger partial charge in [0.05, 0.1) is 6.61 Å². The molecule has 0 rings (SSSR count). The van der Waals surface area contributed by atoms with Crippen LogP contribution in [0.25, 0.3) is 0 Å². The van der Waals surface area contributed by atoms with Crippen LogP contribution in [0.15, 0.2) is 0 Å². The van der Waals surface area contributed by atoms with E-state index in [1.165, 1.54) is 141 Å². The van der Waals surface area contributed by atoms with Gasteiger partial charge in [0.1, 0.15) is 6.10 Å². The molecule has 0 bridgehead atoms. The Labute approximate surface area is 273 Å². The summed E-state index contributed by atoms with van der Waals surface area (Å²) in [5, 5.41) is 9.75. The lowest BCUT2D eigenvalue weighted by atomic mass is 10.0. The van der Waals surface area contributed by atoms with Crippen molar-refractivity contribution < 1.29 is 28.9 Å². The minimum absolute atomic E-state index is 0. The largest absolute Gasteiger partial charge is 0.394 e. The molecule has 0 saturated carbocycles. The quantitative estimate of drug-likeness (QED) is 0.0332. The van der Waals surface area contributed by atoms with E-state index in [0.29, 0.717) is 6.61 Å². The van der Waals surface area contributed by atoms with Crippen LogP contribution in [0.2, 0.25) is 0 Å². The lowest BCUT2D eigenvalue weighted by Crippen LogP contribution is -2.35. The van der Waals surface area contributed by atoms with E-state index < -0.39 is 26.2 Å². The van der Waals surface area contributed by atoms with E-state index in [2.05, 4.69) is 13.8 Å². The van der Waals surface area contributed by atoms with Crippen LogP contribution in [0, 0.1) is 0 Å². The van der Waals surface area contributed by atoms with E-state index in [0.717, 1.165) is 38.5 Å². The normalized spacial score (nSPS) is 12.9. The molecule has 0 heterocycles. The molecule has 0 fully saturated rings. The Balaban J connectivity index is -0.00000840. The van der Waals surface area contributed by atoms with E-state index in [9.17, 15) is 19.5 Å². The van der Waals surface area contributed by atoms with Crippen molar-refractivity contribution in [3.05, 3.63) is 0 Å². The number of aliphatic hydroxyl groups excluding tert-OH is 1. The Bertz CT molecular complexity index is 581. The highest BCUT2D eigenvalue weighted by Gasteiger charge is 2.37. The third-order valence-electron chi connectivity index (χ3n) is 8.45. The summed E-state index contributed by atoms with van der Waals surface area (Å²) in [5.74, 6) is -1.39. The second-order valence-corrected chi connectivity index (χ2v) is 14.3. The molecule has 8 nitrogen and oxygen atoms in total. The lowest BCUT2D eigenvalue weighted by Gasteiger charge is -2.26. The molecular formula is C35H79N2O6P. The Hall–Kier alpha value is -0.0500. The van der Waals surface area contributed by atoms with Crippen LogP contribution < -0.4 is 12.3 Å². The summed E-state index contributed by atoms with van der Waals surface area (Å²) in [6.45, 7) is 4.75. The maximum Gasteiger partial charge on any atom is 0.356 e. The van der Waals surface area contributed by atoms with E-state index in [4.69, 9.17) is 9.47 Å². The number of hydrogen-bond acceptors (Lipinski definition) is 6. The first-order valence-electron chi connectivity index (χ1n) is 18.4. The van der Waals surface area contributed by atoms with Gasteiger partial charge in [-0.05, 0) is 12.8 Å². The maximum atomic E-state index is 12.0. The third-order valence-corrected chi connectivity index (χ3v) is 9.59. The van der Waals surface area contributed by atoms with E-state index in [-0.39, 0.29) is 18.9 Å². The number of unbranched alkanes of at least 4 members (excludes halogenated alkanes) is 26. The first kappa shape index (κ1) is 48.3. The fraction of sp³-hybridized carbons (Fsp3) is 1.00. The second kappa shape index (κ2) is 37.4. The number of ether oxygens (including phenoxy) is 2. The van der Waals surface area contributed by atoms with Crippen LogP contribution in [0.3, 0.4) is 0 Å². The average Bonchev–Trinajstić information content (AvgIpc) is 2.97. The standard InChI is InChI=1S/C35H73O6P.2H3N/c1-3-5-7-9-11-13-15-17-19-21-23-25-27-29-31-40-34(33-36)35(42(37,38)39)41-32-30-28-26-24-22-20-18-16-14-12-10-8-6-4-2;;/h34-36H,3-33H2,1-2H3,(H2,37,38,39);2*1H3. The van der Waals surface area contributed by atoms with Gasteiger partial charge in [0.25, 0.3) is 0 Å². The molecule has 9 heteroatoms. The van der Waals surface area contributed by atoms with Crippen molar-refractivity contribution in [2.75, 3.05) is 19.8 Å². The smallest absolute Gasteiger partial charge is 0.356 e. The van der Waals surface area contributed by atoms with Gasteiger partial charge in [-0.2, -0.15) is 0 Å². The lowest BCUT2D eigenvalue weighted by molar-refractivity contribution is -0.0695. The van der Waals surface area contributed by atoms with Gasteiger partial charge in [0, 0.05) is 13.2 Å². The van der Waals surface area contributed by atoms with Gasteiger partial charge in [0.2, 0.25) is 0 Å². The van der Waals surface area contributed by atoms with E-state index in [1.54, 1.807) is 0 Å². The highest BCUT2D eigenvalue weighted by atomic mass is 31.2. The van der Waals surface area contributed by atoms with Crippen LogP contribution in [0.4, 0.5) is 0 Å². The summed E-state index contributed by atoms with van der Waals surface area (Å²) in [7, 11) is -4.53. The fourth-order valence-corrected chi connectivity index (χ4v) is 6.59. The van der Waals surface area contributed by atoms with Crippen LogP contribution in [0.1, 0.15) is 194 Å².